The Bertz CT molecular complexity index is 423. The molecule has 0 saturated carbocycles. The molecule has 0 aliphatic carbocycles. The van der Waals surface area contributed by atoms with E-state index in [4.69, 9.17) is 9.47 Å². The Kier molecular flexibility index (Phi) is 3.46. The lowest BCUT2D eigenvalue weighted by Gasteiger charge is -2.09. The zero-order valence-electron chi connectivity index (χ0n) is 10.3. The van der Waals surface area contributed by atoms with Gasteiger partial charge >= 0.3 is 5.97 Å². The molecule has 1 aromatic rings. The van der Waals surface area contributed by atoms with Gasteiger partial charge < -0.3 is 9.47 Å². The van der Waals surface area contributed by atoms with Gasteiger partial charge in [0.1, 0.15) is 17.3 Å². The van der Waals surface area contributed by atoms with Crippen LogP contribution in [0.25, 0.3) is 0 Å². The molecule has 2 saturated heterocycles. The SMILES string of the molecule is O=C1OCCC1Oc1ccc([S+]2CCCC2)cc1. The standard InChI is InChI=1S/C14H17O3S/c15-14-13(7-8-16-14)17-11-3-5-12(6-4-11)18-9-1-2-10-18/h3-6,13H,1-2,7-10H2/q+1. The summed E-state index contributed by atoms with van der Waals surface area (Å²) in [6, 6.07) is 8.24. The minimum atomic E-state index is -0.412. The van der Waals surface area contributed by atoms with E-state index in [-0.39, 0.29) is 5.97 Å². The topological polar surface area (TPSA) is 35.5 Å². The van der Waals surface area contributed by atoms with E-state index in [1.165, 1.54) is 29.2 Å². The fourth-order valence-corrected chi connectivity index (χ4v) is 4.65. The Morgan fingerprint density at radius 3 is 2.50 bits per heavy atom. The first-order valence-corrected chi connectivity index (χ1v) is 8.00. The summed E-state index contributed by atoms with van der Waals surface area (Å²) in [5.74, 6) is 3.19. The van der Waals surface area contributed by atoms with E-state index in [1.54, 1.807) is 0 Å². The van der Waals surface area contributed by atoms with Crippen molar-refractivity contribution in [1.82, 2.24) is 0 Å². The largest absolute Gasteiger partial charge is 0.479 e. The molecule has 0 aromatic heterocycles. The highest BCUT2D eigenvalue weighted by Crippen LogP contribution is 2.25. The fraction of sp³-hybridized carbons (Fsp3) is 0.500. The van der Waals surface area contributed by atoms with E-state index in [0.717, 1.165) is 5.75 Å². The van der Waals surface area contributed by atoms with Gasteiger partial charge in [-0.05, 0) is 37.1 Å². The molecular weight excluding hydrogens is 248 g/mol. The number of hydrogen-bond donors (Lipinski definition) is 0. The summed E-state index contributed by atoms with van der Waals surface area (Å²) in [5, 5.41) is 0. The molecule has 2 aliphatic heterocycles. The van der Waals surface area contributed by atoms with E-state index in [0.29, 0.717) is 23.9 Å². The number of carbonyl (C=O) groups is 1. The van der Waals surface area contributed by atoms with E-state index in [9.17, 15) is 4.79 Å². The Labute approximate surface area is 110 Å². The zero-order valence-corrected chi connectivity index (χ0v) is 11.1. The molecule has 0 radical (unpaired) electrons. The second kappa shape index (κ2) is 5.22. The molecule has 0 amide bonds. The van der Waals surface area contributed by atoms with Crippen molar-refractivity contribution in [1.29, 1.82) is 0 Å². The molecule has 0 bridgehead atoms. The molecule has 2 aliphatic rings. The first kappa shape index (κ1) is 11.9. The van der Waals surface area contributed by atoms with Gasteiger partial charge in [-0.1, -0.05) is 0 Å². The number of benzene rings is 1. The third kappa shape index (κ3) is 2.48. The summed E-state index contributed by atoms with van der Waals surface area (Å²) < 4.78 is 10.5. The number of ether oxygens (including phenoxy) is 2. The second-order valence-corrected chi connectivity index (χ2v) is 6.92. The molecular formula is C14H17O3S+. The lowest BCUT2D eigenvalue weighted by molar-refractivity contribution is -0.143. The summed E-state index contributed by atoms with van der Waals surface area (Å²) in [7, 11) is 0.443. The number of hydrogen-bond acceptors (Lipinski definition) is 3. The smallest absolute Gasteiger partial charge is 0.347 e. The predicted molar refractivity (Wildman–Crippen MR) is 71.0 cm³/mol. The van der Waals surface area contributed by atoms with Crippen LogP contribution in [0.3, 0.4) is 0 Å². The third-order valence-electron chi connectivity index (χ3n) is 3.35. The highest BCUT2D eigenvalue weighted by atomic mass is 32.2. The van der Waals surface area contributed by atoms with Crippen LogP contribution in [0.1, 0.15) is 19.3 Å². The van der Waals surface area contributed by atoms with Crippen molar-refractivity contribution in [3.05, 3.63) is 24.3 Å². The van der Waals surface area contributed by atoms with Crippen LogP contribution in [0, 0.1) is 0 Å². The maximum Gasteiger partial charge on any atom is 0.347 e. The van der Waals surface area contributed by atoms with Crippen molar-refractivity contribution >= 4 is 16.9 Å². The van der Waals surface area contributed by atoms with Crippen molar-refractivity contribution in [3.8, 4) is 5.75 Å². The molecule has 1 unspecified atom stereocenters. The number of esters is 1. The van der Waals surface area contributed by atoms with E-state index < -0.39 is 6.10 Å². The molecule has 0 N–H and O–H groups in total. The Balaban J connectivity index is 1.65. The van der Waals surface area contributed by atoms with Crippen LogP contribution in [0.15, 0.2) is 29.2 Å². The van der Waals surface area contributed by atoms with Crippen molar-refractivity contribution in [3.63, 3.8) is 0 Å². The number of rotatable bonds is 3. The molecule has 1 atom stereocenters. The van der Waals surface area contributed by atoms with E-state index >= 15 is 0 Å². The lowest BCUT2D eigenvalue weighted by atomic mass is 10.3. The van der Waals surface area contributed by atoms with Gasteiger partial charge in [0.15, 0.2) is 11.0 Å². The molecule has 4 heteroatoms. The fourth-order valence-electron chi connectivity index (χ4n) is 2.35. The minimum absolute atomic E-state index is 0.239. The van der Waals surface area contributed by atoms with Gasteiger partial charge in [-0.3, -0.25) is 0 Å². The highest BCUT2D eigenvalue weighted by molar-refractivity contribution is 7.97. The van der Waals surface area contributed by atoms with Crippen LogP contribution in [-0.2, 0) is 20.4 Å². The van der Waals surface area contributed by atoms with Crippen molar-refractivity contribution in [2.24, 2.45) is 0 Å². The van der Waals surface area contributed by atoms with Crippen LogP contribution < -0.4 is 4.74 Å². The van der Waals surface area contributed by atoms with Gasteiger partial charge in [0.2, 0.25) is 0 Å². The molecule has 2 heterocycles. The van der Waals surface area contributed by atoms with Crippen LogP contribution in [-0.4, -0.2) is 30.2 Å². The van der Waals surface area contributed by atoms with Crippen LogP contribution in [0.2, 0.25) is 0 Å². The summed E-state index contributed by atoms with van der Waals surface area (Å²) in [4.78, 5) is 12.7. The average Bonchev–Trinajstić information content (AvgIpc) is 3.03. The minimum Gasteiger partial charge on any atom is -0.479 e. The summed E-state index contributed by atoms with van der Waals surface area (Å²) in [5.41, 5.74) is 0. The Morgan fingerprint density at radius 1 is 1.17 bits per heavy atom. The normalized spacial score (nSPS) is 24.2. The second-order valence-electron chi connectivity index (χ2n) is 4.64. The molecule has 3 nitrogen and oxygen atoms in total. The van der Waals surface area contributed by atoms with Gasteiger partial charge in [0, 0.05) is 17.3 Å². The maximum absolute atomic E-state index is 11.3. The third-order valence-corrected chi connectivity index (χ3v) is 5.86. The molecule has 2 fully saturated rings. The summed E-state index contributed by atoms with van der Waals surface area (Å²) in [6.45, 7) is 0.477. The molecule has 1 aromatic carbocycles. The lowest BCUT2D eigenvalue weighted by Crippen LogP contribution is -2.21. The van der Waals surface area contributed by atoms with Crippen molar-refractivity contribution in [2.75, 3.05) is 18.1 Å². The Morgan fingerprint density at radius 2 is 1.89 bits per heavy atom. The predicted octanol–water partition coefficient (Wildman–Crippen LogP) is 2.15. The van der Waals surface area contributed by atoms with E-state index in [1.807, 2.05) is 12.1 Å². The number of cyclic esters (lactones) is 1. The molecule has 96 valence electrons. The molecule has 0 spiro atoms. The van der Waals surface area contributed by atoms with Gasteiger partial charge in [-0.25, -0.2) is 4.79 Å². The van der Waals surface area contributed by atoms with Gasteiger partial charge in [0.25, 0.3) is 0 Å². The van der Waals surface area contributed by atoms with Gasteiger partial charge in [-0.2, -0.15) is 0 Å². The summed E-state index contributed by atoms with van der Waals surface area (Å²) >= 11 is 0. The first-order valence-electron chi connectivity index (χ1n) is 6.44. The van der Waals surface area contributed by atoms with Gasteiger partial charge in [-0.15, -0.1) is 0 Å². The molecule has 3 rings (SSSR count). The quantitative estimate of drug-likeness (QED) is 0.620. The van der Waals surface area contributed by atoms with Crippen LogP contribution >= 0.6 is 0 Å². The Hall–Kier alpha value is -1.16. The maximum atomic E-state index is 11.3. The first-order chi connectivity index (χ1) is 8.83. The van der Waals surface area contributed by atoms with Crippen molar-refractivity contribution in [2.45, 2.75) is 30.3 Å². The summed E-state index contributed by atoms with van der Waals surface area (Å²) in [6.07, 6.45) is 2.96. The van der Waals surface area contributed by atoms with Crippen LogP contribution in [0.4, 0.5) is 0 Å². The van der Waals surface area contributed by atoms with Crippen molar-refractivity contribution < 1.29 is 14.3 Å². The van der Waals surface area contributed by atoms with E-state index in [2.05, 4.69) is 12.1 Å². The zero-order chi connectivity index (χ0) is 12.4. The van der Waals surface area contributed by atoms with Crippen LogP contribution in [0.5, 0.6) is 5.75 Å². The average molecular weight is 265 g/mol. The van der Waals surface area contributed by atoms with Gasteiger partial charge in [0.05, 0.1) is 6.61 Å². The molecule has 18 heavy (non-hydrogen) atoms. The monoisotopic (exact) mass is 265 g/mol. The highest BCUT2D eigenvalue weighted by Gasteiger charge is 2.29. The number of carbonyl (C=O) groups excluding carboxylic acids is 1.